The molecule has 0 atom stereocenters. The van der Waals surface area contributed by atoms with E-state index in [0.29, 0.717) is 11.4 Å². The van der Waals surface area contributed by atoms with Gasteiger partial charge >= 0.3 is 0 Å². The van der Waals surface area contributed by atoms with E-state index in [1.807, 2.05) is 13.8 Å². The molecule has 2 aromatic rings. The maximum atomic E-state index is 12.6. The summed E-state index contributed by atoms with van der Waals surface area (Å²) in [4.78, 5) is 24.5. The van der Waals surface area contributed by atoms with E-state index in [2.05, 4.69) is 0 Å². The molecule has 1 amide bonds. The summed E-state index contributed by atoms with van der Waals surface area (Å²) in [5.41, 5.74) is -0.333. The molecule has 3 rings (SSSR count). The van der Waals surface area contributed by atoms with E-state index in [4.69, 9.17) is 9.15 Å². The van der Waals surface area contributed by atoms with Crippen LogP contribution in [-0.2, 0) is 0 Å². The lowest BCUT2D eigenvalue weighted by atomic mass is 10.0. The summed E-state index contributed by atoms with van der Waals surface area (Å²) in [5, 5.41) is 11.0. The Balaban J connectivity index is 2.09. The van der Waals surface area contributed by atoms with Gasteiger partial charge in [0.25, 0.3) is 11.6 Å². The Hall–Kier alpha value is -2.83. The van der Waals surface area contributed by atoms with Crippen molar-refractivity contribution in [3.8, 4) is 5.75 Å². The number of nitro benzene ring substituents is 1. The molecule has 0 N–H and O–H groups in total. The molecule has 114 valence electrons. The minimum Gasteiger partial charge on any atom is -0.484 e. The second kappa shape index (κ2) is 4.87. The zero-order chi connectivity index (χ0) is 15.9. The van der Waals surface area contributed by atoms with E-state index in [-0.39, 0.29) is 23.9 Å². The first-order valence-electron chi connectivity index (χ1n) is 6.70. The number of nitro groups is 1. The van der Waals surface area contributed by atoms with Gasteiger partial charge in [0, 0.05) is 12.1 Å². The number of amides is 1. The molecule has 1 aliphatic rings. The molecule has 0 bridgehead atoms. The third-order valence-corrected chi connectivity index (χ3v) is 3.35. The summed E-state index contributed by atoms with van der Waals surface area (Å²) in [6.07, 6.45) is 1.41. The van der Waals surface area contributed by atoms with Gasteiger partial charge in [-0.3, -0.25) is 19.8 Å². The fourth-order valence-electron chi connectivity index (χ4n) is 2.43. The predicted octanol–water partition coefficient (Wildman–Crippen LogP) is 3.01. The van der Waals surface area contributed by atoms with Crippen molar-refractivity contribution in [1.82, 2.24) is 0 Å². The number of hydrogen-bond acceptors (Lipinski definition) is 5. The smallest absolute Gasteiger partial charge is 0.294 e. The summed E-state index contributed by atoms with van der Waals surface area (Å²) >= 11 is 0. The van der Waals surface area contributed by atoms with Gasteiger partial charge in [0.15, 0.2) is 5.76 Å². The monoisotopic (exact) mass is 302 g/mol. The highest BCUT2D eigenvalue weighted by Crippen LogP contribution is 2.39. The summed E-state index contributed by atoms with van der Waals surface area (Å²) in [7, 11) is 0. The summed E-state index contributed by atoms with van der Waals surface area (Å²) in [6, 6.07) is 7.38. The van der Waals surface area contributed by atoms with Crippen molar-refractivity contribution < 1.29 is 18.9 Å². The predicted molar refractivity (Wildman–Crippen MR) is 78.2 cm³/mol. The van der Waals surface area contributed by atoms with E-state index in [9.17, 15) is 14.9 Å². The molecule has 7 nitrogen and oxygen atoms in total. The number of rotatable bonds is 2. The van der Waals surface area contributed by atoms with Crippen LogP contribution in [0.15, 0.2) is 41.0 Å². The third kappa shape index (κ3) is 2.41. The summed E-state index contributed by atoms with van der Waals surface area (Å²) < 4.78 is 10.9. The number of carbonyl (C=O) groups excluding carboxylic acids is 1. The zero-order valence-corrected chi connectivity index (χ0v) is 12.1. The number of fused-ring (bicyclic) bond motifs is 1. The van der Waals surface area contributed by atoms with Crippen LogP contribution in [0.2, 0.25) is 0 Å². The molecule has 0 fully saturated rings. The lowest BCUT2D eigenvalue weighted by Crippen LogP contribution is -2.49. The quantitative estimate of drug-likeness (QED) is 0.628. The van der Waals surface area contributed by atoms with Gasteiger partial charge in [-0.25, -0.2) is 0 Å². The molecule has 1 aromatic carbocycles. The Bertz CT molecular complexity index is 736. The highest BCUT2D eigenvalue weighted by molar-refractivity contribution is 6.05. The van der Waals surface area contributed by atoms with Crippen LogP contribution in [-0.4, -0.2) is 23.0 Å². The van der Waals surface area contributed by atoms with Crippen molar-refractivity contribution in [3.05, 3.63) is 52.5 Å². The SMILES string of the molecule is CC1(C)CN(C(=O)c2ccco2)c2cc([N+](=O)[O-])ccc2O1. The molecule has 0 spiro atoms. The standard InChI is InChI=1S/C15H14N2O5/c1-15(2)9-16(14(18)13-4-3-7-21-13)11-8-10(17(19)20)5-6-12(11)22-15/h3-8H,9H2,1-2H3. The van der Waals surface area contributed by atoms with Crippen LogP contribution in [0, 0.1) is 10.1 Å². The number of ether oxygens (including phenoxy) is 1. The first-order valence-corrected chi connectivity index (χ1v) is 6.70. The Labute approximate surface area is 126 Å². The number of carbonyl (C=O) groups is 1. The lowest BCUT2D eigenvalue weighted by Gasteiger charge is -2.39. The number of non-ortho nitro benzene ring substituents is 1. The number of benzene rings is 1. The van der Waals surface area contributed by atoms with Gasteiger partial charge in [-0.2, -0.15) is 0 Å². The van der Waals surface area contributed by atoms with E-state index >= 15 is 0 Å². The molecule has 22 heavy (non-hydrogen) atoms. The molecular formula is C15H14N2O5. The first kappa shape index (κ1) is 14.1. The molecule has 1 aliphatic heterocycles. The van der Waals surface area contributed by atoms with E-state index < -0.39 is 10.5 Å². The van der Waals surface area contributed by atoms with E-state index in [1.54, 1.807) is 12.1 Å². The molecule has 7 heteroatoms. The van der Waals surface area contributed by atoms with Crippen LogP contribution in [0.3, 0.4) is 0 Å². The minimum atomic E-state index is -0.606. The van der Waals surface area contributed by atoms with Crippen molar-refractivity contribution in [2.24, 2.45) is 0 Å². The van der Waals surface area contributed by atoms with Crippen molar-refractivity contribution >= 4 is 17.3 Å². The van der Waals surface area contributed by atoms with E-state index in [1.165, 1.54) is 29.4 Å². The van der Waals surface area contributed by atoms with Crippen LogP contribution in [0.5, 0.6) is 5.75 Å². The molecule has 0 radical (unpaired) electrons. The Morgan fingerprint density at radius 3 is 2.77 bits per heavy atom. The molecule has 0 saturated carbocycles. The molecular weight excluding hydrogens is 288 g/mol. The maximum Gasteiger partial charge on any atom is 0.294 e. The van der Waals surface area contributed by atoms with E-state index in [0.717, 1.165) is 0 Å². The van der Waals surface area contributed by atoms with Gasteiger partial charge < -0.3 is 9.15 Å². The number of furan rings is 1. The number of hydrogen-bond donors (Lipinski definition) is 0. The molecule has 0 unspecified atom stereocenters. The average Bonchev–Trinajstić information content (AvgIpc) is 2.98. The summed E-state index contributed by atoms with van der Waals surface area (Å²) in [6.45, 7) is 3.96. The van der Waals surface area contributed by atoms with Gasteiger partial charge in [0.1, 0.15) is 11.4 Å². The lowest BCUT2D eigenvalue weighted by molar-refractivity contribution is -0.384. The minimum absolute atomic E-state index is 0.0979. The largest absolute Gasteiger partial charge is 0.484 e. The number of nitrogens with zero attached hydrogens (tertiary/aromatic N) is 2. The Kier molecular flexibility index (Phi) is 3.13. The van der Waals surface area contributed by atoms with Gasteiger partial charge in [0.2, 0.25) is 0 Å². The third-order valence-electron chi connectivity index (χ3n) is 3.35. The molecule has 2 heterocycles. The second-order valence-electron chi connectivity index (χ2n) is 5.64. The van der Waals surface area contributed by atoms with Crippen LogP contribution >= 0.6 is 0 Å². The Morgan fingerprint density at radius 1 is 1.36 bits per heavy atom. The average molecular weight is 302 g/mol. The summed E-state index contributed by atoms with van der Waals surface area (Å²) in [5.74, 6) is 0.250. The first-order chi connectivity index (χ1) is 10.4. The molecule has 0 aliphatic carbocycles. The van der Waals surface area contributed by atoms with Crippen LogP contribution in [0.4, 0.5) is 11.4 Å². The van der Waals surface area contributed by atoms with Gasteiger partial charge in [-0.15, -0.1) is 0 Å². The highest BCUT2D eigenvalue weighted by atomic mass is 16.6. The topological polar surface area (TPSA) is 85.8 Å². The second-order valence-corrected chi connectivity index (χ2v) is 5.64. The van der Waals surface area contributed by atoms with Gasteiger partial charge in [-0.1, -0.05) is 0 Å². The van der Waals surface area contributed by atoms with Crippen molar-refractivity contribution in [1.29, 1.82) is 0 Å². The fourth-order valence-corrected chi connectivity index (χ4v) is 2.43. The molecule has 0 saturated heterocycles. The van der Waals surface area contributed by atoms with Crippen molar-refractivity contribution in [2.75, 3.05) is 11.4 Å². The van der Waals surface area contributed by atoms with Crippen molar-refractivity contribution in [2.45, 2.75) is 19.4 Å². The van der Waals surface area contributed by atoms with Gasteiger partial charge in [0.05, 0.1) is 23.4 Å². The van der Waals surface area contributed by atoms with Crippen LogP contribution < -0.4 is 9.64 Å². The normalized spacial score (nSPS) is 15.8. The number of anilines is 1. The molecule has 1 aromatic heterocycles. The highest BCUT2D eigenvalue weighted by Gasteiger charge is 2.37. The van der Waals surface area contributed by atoms with Crippen LogP contribution in [0.25, 0.3) is 0 Å². The van der Waals surface area contributed by atoms with Crippen molar-refractivity contribution in [3.63, 3.8) is 0 Å². The van der Waals surface area contributed by atoms with Crippen LogP contribution in [0.1, 0.15) is 24.4 Å². The van der Waals surface area contributed by atoms with Gasteiger partial charge in [-0.05, 0) is 32.0 Å². The Morgan fingerprint density at radius 2 is 2.14 bits per heavy atom. The maximum absolute atomic E-state index is 12.6. The zero-order valence-electron chi connectivity index (χ0n) is 12.1. The fraction of sp³-hybridized carbons (Fsp3) is 0.267.